The Morgan fingerprint density at radius 3 is 2.75 bits per heavy atom. The molecule has 7 heteroatoms. The summed E-state index contributed by atoms with van der Waals surface area (Å²) >= 11 is 0. The van der Waals surface area contributed by atoms with E-state index in [2.05, 4.69) is 39.9 Å². The van der Waals surface area contributed by atoms with E-state index in [1.807, 2.05) is 0 Å². The van der Waals surface area contributed by atoms with Gasteiger partial charge in [0.15, 0.2) is 0 Å². The van der Waals surface area contributed by atoms with Gasteiger partial charge in [-0.25, -0.2) is 4.39 Å². The molecular formula is C21H31FN4O2. The summed E-state index contributed by atoms with van der Waals surface area (Å²) in [6.45, 7) is 8.32. The second kappa shape index (κ2) is 9.49. The Morgan fingerprint density at radius 1 is 1.29 bits per heavy atom. The van der Waals surface area contributed by atoms with Gasteiger partial charge >= 0.3 is 0 Å². The molecule has 0 aliphatic carbocycles. The molecule has 2 heterocycles. The van der Waals surface area contributed by atoms with Gasteiger partial charge in [0.1, 0.15) is 11.6 Å². The normalized spacial score (nSPS) is 18.7. The monoisotopic (exact) mass is 390 g/mol. The van der Waals surface area contributed by atoms with Gasteiger partial charge in [-0.3, -0.25) is 14.9 Å². The average Bonchev–Trinajstić information content (AvgIpc) is 3.14. The number of methoxy groups -OCH3 is 1. The Kier molecular flexibility index (Phi) is 7.04. The summed E-state index contributed by atoms with van der Waals surface area (Å²) in [6, 6.07) is 7.32. The van der Waals surface area contributed by atoms with Gasteiger partial charge in [-0.05, 0) is 24.5 Å². The van der Waals surface area contributed by atoms with E-state index in [4.69, 9.17) is 4.74 Å². The molecule has 1 saturated heterocycles. The smallest absolute Gasteiger partial charge is 0.131 e. The quantitative estimate of drug-likeness (QED) is 0.726. The lowest BCUT2D eigenvalue weighted by Crippen LogP contribution is -2.52. The summed E-state index contributed by atoms with van der Waals surface area (Å²) in [7, 11) is 1.54. The lowest BCUT2D eigenvalue weighted by atomic mass is 10.1. The van der Waals surface area contributed by atoms with E-state index in [1.165, 1.54) is 13.2 Å². The van der Waals surface area contributed by atoms with Crippen molar-refractivity contribution in [3.8, 4) is 5.75 Å². The van der Waals surface area contributed by atoms with Crippen LogP contribution in [0.5, 0.6) is 5.75 Å². The molecular weight excluding hydrogens is 359 g/mol. The molecule has 0 saturated carbocycles. The standard InChI is InChI=1S/C21H31FN4O2/c1-15(2)21-10-17(23-24-21)13-25-7-8-26(18(14-25)6-9-27)12-16-4-5-19(28-3)11-20(16)22/h4-5,10-11,15,18,27H,6-9,12-14H2,1-3H3,(H,23,24)/t18-/m1/s1. The first-order chi connectivity index (χ1) is 13.5. The third-order valence-electron chi connectivity index (χ3n) is 5.42. The maximum atomic E-state index is 14.4. The molecule has 0 spiro atoms. The van der Waals surface area contributed by atoms with Crippen molar-refractivity contribution in [3.05, 3.63) is 47.0 Å². The van der Waals surface area contributed by atoms with Gasteiger partial charge in [-0.15, -0.1) is 0 Å². The summed E-state index contributed by atoms with van der Waals surface area (Å²) < 4.78 is 19.4. The van der Waals surface area contributed by atoms with Gasteiger partial charge in [0.25, 0.3) is 0 Å². The zero-order valence-electron chi connectivity index (χ0n) is 17.0. The number of hydrogen-bond acceptors (Lipinski definition) is 5. The number of aliphatic hydroxyl groups is 1. The van der Waals surface area contributed by atoms with E-state index in [0.29, 0.717) is 30.2 Å². The molecule has 1 atom stereocenters. The Morgan fingerprint density at radius 2 is 2.11 bits per heavy atom. The number of nitrogens with zero attached hydrogens (tertiary/aromatic N) is 3. The SMILES string of the molecule is COc1ccc(CN2CCN(Cc3cc(C(C)C)n[nH]3)C[C@H]2CCO)c(F)c1. The molecule has 1 aliphatic rings. The molecule has 0 unspecified atom stereocenters. The molecule has 154 valence electrons. The molecule has 0 bridgehead atoms. The van der Waals surface area contributed by atoms with Gasteiger partial charge < -0.3 is 9.84 Å². The number of aromatic nitrogens is 2. The van der Waals surface area contributed by atoms with Crippen molar-refractivity contribution >= 4 is 0 Å². The summed E-state index contributed by atoms with van der Waals surface area (Å²) in [5.74, 6) is 0.685. The summed E-state index contributed by atoms with van der Waals surface area (Å²) in [4.78, 5) is 4.64. The van der Waals surface area contributed by atoms with E-state index in [-0.39, 0.29) is 18.5 Å². The number of hydrogen-bond donors (Lipinski definition) is 2. The van der Waals surface area contributed by atoms with Crippen LogP contribution in [0.25, 0.3) is 0 Å². The fourth-order valence-electron chi connectivity index (χ4n) is 3.73. The van der Waals surface area contributed by atoms with Crippen molar-refractivity contribution < 1.29 is 14.2 Å². The van der Waals surface area contributed by atoms with E-state index in [1.54, 1.807) is 12.1 Å². The van der Waals surface area contributed by atoms with Crippen LogP contribution in [-0.4, -0.2) is 64.5 Å². The predicted octanol–water partition coefficient (Wildman–Crippen LogP) is 2.75. The molecule has 1 aromatic heterocycles. The molecule has 1 aromatic carbocycles. The number of aliphatic hydroxyl groups excluding tert-OH is 1. The maximum Gasteiger partial charge on any atom is 0.131 e. The van der Waals surface area contributed by atoms with Gasteiger partial charge in [-0.2, -0.15) is 5.10 Å². The molecule has 1 fully saturated rings. The van der Waals surface area contributed by atoms with Gasteiger partial charge in [0.2, 0.25) is 0 Å². The summed E-state index contributed by atoms with van der Waals surface area (Å²) in [6.07, 6.45) is 0.675. The number of piperazine rings is 1. The first-order valence-electron chi connectivity index (χ1n) is 9.94. The number of ether oxygens (including phenoxy) is 1. The molecule has 28 heavy (non-hydrogen) atoms. The second-order valence-electron chi connectivity index (χ2n) is 7.80. The molecule has 2 aromatic rings. The van der Waals surface area contributed by atoms with Crippen molar-refractivity contribution in [2.45, 2.75) is 45.3 Å². The largest absolute Gasteiger partial charge is 0.497 e. The van der Waals surface area contributed by atoms with Crippen molar-refractivity contribution in [2.24, 2.45) is 0 Å². The number of aromatic amines is 1. The van der Waals surface area contributed by atoms with Crippen molar-refractivity contribution in [1.29, 1.82) is 0 Å². The van der Waals surface area contributed by atoms with Gasteiger partial charge in [-0.1, -0.05) is 19.9 Å². The fraction of sp³-hybridized carbons (Fsp3) is 0.571. The topological polar surface area (TPSA) is 64.6 Å². The van der Waals surface area contributed by atoms with Crippen LogP contribution in [0.15, 0.2) is 24.3 Å². The average molecular weight is 391 g/mol. The van der Waals surface area contributed by atoms with Gasteiger partial charge in [0, 0.05) is 62.7 Å². The van der Waals surface area contributed by atoms with Crippen molar-refractivity contribution in [3.63, 3.8) is 0 Å². The molecule has 3 rings (SSSR count). The van der Waals surface area contributed by atoms with Crippen LogP contribution < -0.4 is 4.74 Å². The Labute approximate surface area is 166 Å². The maximum absolute atomic E-state index is 14.4. The zero-order chi connectivity index (χ0) is 20.1. The second-order valence-corrected chi connectivity index (χ2v) is 7.80. The minimum absolute atomic E-state index is 0.127. The number of nitrogens with one attached hydrogen (secondary N) is 1. The third-order valence-corrected chi connectivity index (χ3v) is 5.42. The third kappa shape index (κ3) is 5.10. The molecule has 0 amide bonds. The first-order valence-corrected chi connectivity index (χ1v) is 9.94. The number of halogens is 1. The fourth-order valence-corrected chi connectivity index (χ4v) is 3.73. The highest BCUT2D eigenvalue weighted by Gasteiger charge is 2.27. The Hall–Kier alpha value is -1.96. The Bertz CT molecular complexity index is 765. The minimum Gasteiger partial charge on any atom is -0.497 e. The lowest BCUT2D eigenvalue weighted by molar-refractivity contribution is 0.0487. The van der Waals surface area contributed by atoms with Crippen molar-refractivity contribution in [1.82, 2.24) is 20.0 Å². The molecule has 0 radical (unpaired) electrons. The molecule has 6 nitrogen and oxygen atoms in total. The summed E-state index contributed by atoms with van der Waals surface area (Å²) in [5, 5.41) is 17.0. The minimum atomic E-state index is -0.247. The predicted molar refractivity (Wildman–Crippen MR) is 107 cm³/mol. The van der Waals surface area contributed by atoms with Crippen LogP contribution in [0.4, 0.5) is 4.39 Å². The number of benzene rings is 1. The van der Waals surface area contributed by atoms with Crippen LogP contribution in [0, 0.1) is 5.82 Å². The van der Waals surface area contributed by atoms with Crippen LogP contribution >= 0.6 is 0 Å². The number of rotatable bonds is 8. The van der Waals surface area contributed by atoms with E-state index >= 15 is 0 Å². The van der Waals surface area contributed by atoms with E-state index < -0.39 is 0 Å². The van der Waals surface area contributed by atoms with Crippen LogP contribution in [0.1, 0.15) is 43.1 Å². The van der Waals surface area contributed by atoms with Gasteiger partial charge in [0.05, 0.1) is 12.8 Å². The molecule has 2 N–H and O–H groups in total. The van der Waals surface area contributed by atoms with Crippen LogP contribution in [0.3, 0.4) is 0 Å². The Balaban J connectivity index is 1.63. The highest BCUT2D eigenvalue weighted by molar-refractivity contribution is 5.29. The van der Waals surface area contributed by atoms with E-state index in [9.17, 15) is 9.50 Å². The van der Waals surface area contributed by atoms with Crippen molar-refractivity contribution in [2.75, 3.05) is 33.4 Å². The zero-order valence-corrected chi connectivity index (χ0v) is 17.0. The lowest BCUT2D eigenvalue weighted by Gasteiger charge is -2.41. The molecule has 1 aliphatic heterocycles. The number of H-pyrrole nitrogens is 1. The highest BCUT2D eigenvalue weighted by Crippen LogP contribution is 2.22. The highest BCUT2D eigenvalue weighted by atomic mass is 19.1. The summed E-state index contributed by atoms with van der Waals surface area (Å²) in [5.41, 5.74) is 2.85. The van der Waals surface area contributed by atoms with E-state index in [0.717, 1.165) is 37.6 Å². The van der Waals surface area contributed by atoms with Crippen LogP contribution in [-0.2, 0) is 13.1 Å². The first kappa shape index (κ1) is 20.8. The van der Waals surface area contributed by atoms with Crippen LogP contribution in [0.2, 0.25) is 0 Å².